The highest BCUT2D eigenvalue weighted by Crippen LogP contribution is 2.07. The Balaban J connectivity index is 3.59. The predicted octanol–water partition coefficient (Wildman–Crippen LogP) is 2.07. The van der Waals surface area contributed by atoms with E-state index in [1.165, 1.54) is 5.69 Å². The molecule has 0 aliphatic rings. The highest BCUT2D eigenvalue weighted by Gasteiger charge is 2.00. The van der Waals surface area contributed by atoms with Gasteiger partial charge in [-0.1, -0.05) is 12.2 Å². The summed E-state index contributed by atoms with van der Waals surface area (Å²) in [7, 11) is 2.00. The summed E-state index contributed by atoms with van der Waals surface area (Å²) >= 11 is 5.06. The first-order valence-corrected chi connectivity index (χ1v) is 3.95. The van der Waals surface area contributed by atoms with E-state index in [1.807, 2.05) is 25.5 Å². The van der Waals surface area contributed by atoms with E-state index in [4.69, 9.17) is 12.2 Å². The van der Waals surface area contributed by atoms with Gasteiger partial charge in [0, 0.05) is 18.3 Å². The van der Waals surface area contributed by atoms with E-state index >= 15 is 0 Å². The average Bonchev–Trinajstić information content (AvgIpc) is 1.97. The zero-order chi connectivity index (χ0) is 8.59. The number of aryl methyl sites for hydroxylation is 1. The summed E-state index contributed by atoms with van der Waals surface area (Å²) in [4.78, 5) is 4.21. The van der Waals surface area contributed by atoms with E-state index in [0.29, 0.717) is 0 Å². The lowest BCUT2D eigenvalue weighted by molar-refractivity contribution is 0.760. The van der Waals surface area contributed by atoms with Gasteiger partial charge in [-0.05, 0) is 20.8 Å². The number of hydrogen-bond acceptors (Lipinski definition) is 2. The topological polar surface area (TPSA) is 17.8 Å². The quantitative estimate of drug-likeness (QED) is 0.552. The van der Waals surface area contributed by atoms with Gasteiger partial charge in [-0.2, -0.15) is 0 Å². The maximum absolute atomic E-state index is 5.06. The average molecular weight is 168 g/mol. The smallest absolute Gasteiger partial charge is 0.132 e. The summed E-state index contributed by atoms with van der Waals surface area (Å²) in [5.41, 5.74) is 2.30. The minimum Gasteiger partial charge on any atom is -0.337 e. The number of hydrogen-bond donors (Lipinski definition) is 0. The molecule has 0 fully saturated rings. The van der Waals surface area contributed by atoms with E-state index in [0.717, 1.165) is 16.0 Å². The third kappa shape index (κ3) is 1.33. The molecular formula is C8H12N2S. The molecule has 0 bridgehead atoms. The Morgan fingerprint density at radius 2 is 1.82 bits per heavy atom. The molecule has 1 heterocycles. The summed E-state index contributed by atoms with van der Waals surface area (Å²) in [5.74, 6) is 0.970. The molecule has 0 saturated carbocycles. The summed E-state index contributed by atoms with van der Waals surface area (Å²) in [6.45, 7) is 6.02. The van der Waals surface area contributed by atoms with Crippen molar-refractivity contribution in [1.29, 1.82) is 0 Å². The van der Waals surface area contributed by atoms with Crippen LogP contribution in [0.25, 0.3) is 0 Å². The molecule has 0 spiro atoms. The number of nitrogens with zero attached hydrogens (tertiary/aromatic N) is 2. The highest BCUT2D eigenvalue weighted by molar-refractivity contribution is 7.71. The van der Waals surface area contributed by atoms with E-state index in [-0.39, 0.29) is 0 Å². The van der Waals surface area contributed by atoms with Crippen molar-refractivity contribution in [1.82, 2.24) is 9.55 Å². The summed E-state index contributed by atoms with van der Waals surface area (Å²) in [6, 6.07) is 0. The van der Waals surface area contributed by atoms with Crippen LogP contribution in [0.3, 0.4) is 0 Å². The standard InChI is InChI=1S/C8H12N2S/c1-5-6(2)10(4)7(3)9-8(5)11/h1-4H3. The van der Waals surface area contributed by atoms with Crippen molar-refractivity contribution in [3.63, 3.8) is 0 Å². The molecule has 11 heavy (non-hydrogen) atoms. The number of rotatable bonds is 0. The van der Waals surface area contributed by atoms with Crippen molar-refractivity contribution in [2.45, 2.75) is 20.8 Å². The fraction of sp³-hybridized carbons (Fsp3) is 0.500. The Bertz CT molecular complexity index is 339. The molecule has 1 aromatic heterocycles. The molecule has 0 amide bonds. The fourth-order valence-corrected chi connectivity index (χ4v) is 1.23. The van der Waals surface area contributed by atoms with Crippen LogP contribution in [0.1, 0.15) is 17.1 Å². The lowest BCUT2D eigenvalue weighted by Gasteiger charge is -2.09. The maximum atomic E-state index is 5.06. The fourth-order valence-electron chi connectivity index (χ4n) is 0.955. The van der Waals surface area contributed by atoms with Crippen molar-refractivity contribution in [2.75, 3.05) is 0 Å². The molecule has 1 aromatic rings. The maximum Gasteiger partial charge on any atom is 0.132 e. The zero-order valence-electron chi connectivity index (χ0n) is 7.30. The highest BCUT2D eigenvalue weighted by atomic mass is 32.1. The van der Waals surface area contributed by atoms with E-state index < -0.39 is 0 Å². The Morgan fingerprint density at radius 3 is 2.36 bits per heavy atom. The molecule has 0 aliphatic heterocycles. The third-order valence-corrected chi connectivity index (χ3v) is 2.51. The van der Waals surface area contributed by atoms with Crippen LogP contribution < -0.4 is 0 Å². The Labute approximate surface area is 71.9 Å². The lowest BCUT2D eigenvalue weighted by Crippen LogP contribution is -2.06. The summed E-state index contributed by atoms with van der Waals surface area (Å²) in [5, 5.41) is 0. The molecule has 0 atom stereocenters. The van der Waals surface area contributed by atoms with Gasteiger partial charge in [-0.15, -0.1) is 0 Å². The second-order valence-electron chi connectivity index (χ2n) is 2.73. The van der Waals surface area contributed by atoms with Gasteiger partial charge in [-0.3, -0.25) is 0 Å². The van der Waals surface area contributed by atoms with Crippen molar-refractivity contribution in [3.8, 4) is 0 Å². The second-order valence-corrected chi connectivity index (χ2v) is 3.12. The first-order valence-electron chi connectivity index (χ1n) is 3.55. The van der Waals surface area contributed by atoms with Crippen LogP contribution in [0, 0.1) is 25.4 Å². The van der Waals surface area contributed by atoms with Gasteiger partial charge in [0.2, 0.25) is 0 Å². The van der Waals surface area contributed by atoms with Gasteiger partial charge in [-0.25, -0.2) is 4.98 Å². The van der Waals surface area contributed by atoms with E-state index in [2.05, 4.69) is 11.9 Å². The first kappa shape index (κ1) is 8.40. The Kier molecular flexibility index (Phi) is 2.09. The van der Waals surface area contributed by atoms with Gasteiger partial charge in [0.05, 0.1) is 0 Å². The molecule has 0 N–H and O–H groups in total. The van der Waals surface area contributed by atoms with Crippen molar-refractivity contribution < 1.29 is 0 Å². The molecule has 60 valence electrons. The molecule has 0 aliphatic carbocycles. The lowest BCUT2D eigenvalue weighted by atomic mass is 10.2. The molecular weight excluding hydrogens is 156 g/mol. The monoisotopic (exact) mass is 168 g/mol. The third-order valence-electron chi connectivity index (χ3n) is 2.12. The molecule has 0 unspecified atom stereocenters. The predicted molar refractivity (Wildman–Crippen MR) is 48.3 cm³/mol. The van der Waals surface area contributed by atoms with Gasteiger partial charge in [0.1, 0.15) is 10.5 Å². The van der Waals surface area contributed by atoms with Crippen LogP contribution >= 0.6 is 12.2 Å². The van der Waals surface area contributed by atoms with Crippen molar-refractivity contribution >= 4 is 12.2 Å². The molecule has 0 saturated heterocycles. The van der Waals surface area contributed by atoms with Gasteiger partial charge in [0.15, 0.2) is 0 Å². The molecule has 1 rings (SSSR count). The van der Waals surface area contributed by atoms with E-state index in [9.17, 15) is 0 Å². The number of aromatic nitrogens is 2. The van der Waals surface area contributed by atoms with Gasteiger partial charge < -0.3 is 4.57 Å². The van der Waals surface area contributed by atoms with Crippen molar-refractivity contribution in [2.24, 2.45) is 7.05 Å². The molecule has 3 heteroatoms. The minimum atomic E-state index is 0.720. The second kappa shape index (κ2) is 2.74. The van der Waals surface area contributed by atoms with Crippen LogP contribution in [-0.2, 0) is 7.05 Å². The Hall–Kier alpha value is -0.700. The van der Waals surface area contributed by atoms with Gasteiger partial charge in [0.25, 0.3) is 0 Å². The van der Waals surface area contributed by atoms with Crippen LogP contribution in [0.4, 0.5) is 0 Å². The van der Waals surface area contributed by atoms with Crippen LogP contribution in [0.5, 0.6) is 0 Å². The van der Waals surface area contributed by atoms with Crippen LogP contribution in [0.15, 0.2) is 0 Å². The SMILES string of the molecule is Cc1c(C)n(C)c(C)nc1=S. The van der Waals surface area contributed by atoms with E-state index in [1.54, 1.807) is 0 Å². The summed E-state index contributed by atoms with van der Waals surface area (Å²) in [6.07, 6.45) is 0. The molecule has 0 aromatic carbocycles. The summed E-state index contributed by atoms with van der Waals surface area (Å²) < 4.78 is 2.77. The first-order chi connectivity index (χ1) is 5.04. The molecule has 2 nitrogen and oxygen atoms in total. The zero-order valence-corrected chi connectivity index (χ0v) is 8.12. The normalized spacial score (nSPS) is 10.2. The van der Waals surface area contributed by atoms with Crippen LogP contribution in [-0.4, -0.2) is 9.55 Å². The molecule has 0 radical (unpaired) electrons. The Morgan fingerprint density at radius 1 is 1.27 bits per heavy atom. The van der Waals surface area contributed by atoms with Gasteiger partial charge >= 0.3 is 0 Å². The minimum absolute atomic E-state index is 0.720. The largest absolute Gasteiger partial charge is 0.337 e. The van der Waals surface area contributed by atoms with Crippen molar-refractivity contribution in [3.05, 3.63) is 21.7 Å². The van der Waals surface area contributed by atoms with Crippen LogP contribution in [0.2, 0.25) is 0 Å².